The average molecular weight is 192 g/mol. The molecule has 0 aliphatic carbocycles. The van der Waals surface area contributed by atoms with Gasteiger partial charge >= 0.3 is 0 Å². The molecule has 0 aromatic carbocycles. The summed E-state index contributed by atoms with van der Waals surface area (Å²) in [7, 11) is 0. The van der Waals surface area contributed by atoms with Gasteiger partial charge in [0.25, 0.3) is 0 Å². The SMILES string of the molecule is CCC(CC)NC(CC)CCCl. The maximum Gasteiger partial charge on any atom is 0.0238 e. The Balaban J connectivity index is 3.65. The molecule has 0 fully saturated rings. The number of nitrogens with one attached hydrogen (secondary N) is 1. The van der Waals surface area contributed by atoms with Crippen LogP contribution in [0.3, 0.4) is 0 Å². The zero-order valence-electron chi connectivity index (χ0n) is 8.57. The fraction of sp³-hybridized carbons (Fsp3) is 1.00. The molecular formula is C10H22ClN. The zero-order valence-corrected chi connectivity index (χ0v) is 9.32. The maximum atomic E-state index is 5.70. The van der Waals surface area contributed by atoms with Gasteiger partial charge in [-0.2, -0.15) is 0 Å². The molecule has 0 bridgehead atoms. The molecule has 0 radical (unpaired) electrons. The predicted molar refractivity (Wildman–Crippen MR) is 56.9 cm³/mol. The van der Waals surface area contributed by atoms with Gasteiger partial charge in [-0.05, 0) is 25.7 Å². The summed E-state index contributed by atoms with van der Waals surface area (Å²) in [4.78, 5) is 0. The van der Waals surface area contributed by atoms with Crippen molar-refractivity contribution in [1.82, 2.24) is 5.32 Å². The van der Waals surface area contributed by atoms with E-state index in [9.17, 15) is 0 Å². The van der Waals surface area contributed by atoms with Crippen molar-refractivity contribution in [2.45, 2.75) is 58.5 Å². The van der Waals surface area contributed by atoms with Gasteiger partial charge in [-0.3, -0.25) is 0 Å². The van der Waals surface area contributed by atoms with Crippen LogP contribution in [-0.2, 0) is 0 Å². The molecule has 0 rings (SSSR count). The number of hydrogen-bond donors (Lipinski definition) is 1. The topological polar surface area (TPSA) is 12.0 Å². The van der Waals surface area contributed by atoms with Gasteiger partial charge in [0.05, 0.1) is 0 Å². The maximum absolute atomic E-state index is 5.70. The molecule has 0 saturated carbocycles. The highest BCUT2D eigenvalue weighted by Gasteiger charge is 2.09. The van der Waals surface area contributed by atoms with E-state index < -0.39 is 0 Å². The largest absolute Gasteiger partial charge is 0.311 e. The Labute approximate surface area is 81.9 Å². The van der Waals surface area contributed by atoms with Gasteiger partial charge in [-0.1, -0.05) is 20.8 Å². The lowest BCUT2D eigenvalue weighted by Crippen LogP contribution is -2.37. The van der Waals surface area contributed by atoms with Gasteiger partial charge < -0.3 is 5.32 Å². The zero-order chi connectivity index (χ0) is 9.40. The van der Waals surface area contributed by atoms with Crippen molar-refractivity contribution in [1.29, 1.82) is 0 Å². The van der Waals surface area contributed by atoms with Crippen molar-refractivity contribution in [2.75, 3.05) is 5.88 Å². The number of rotatable bonds is 7. The first kappa shape index (κ1) is 12.2. The Hall–Kier alpha value is 0.250. The minimum Gasteiger partial charge on any atom is -0.311 e. The van der Waals surface area contributed by atoms with Crippen LogP contribution in [0.25, 0.3) is 0 Å². The highest BCUT2D eigenvalue weighted by atomic mass is 35.5. The van der Waals surface area contributed by atoms with E-state index in [0.29, 0.717) is 12.1 Å². The Morgan fingerprint density at radius 3 is 1.83 bits per heavy atom. The fourth-order valence-corrected chi connectivity index (χ4v) is 1.66. The molecule has 0 aromatic rings. The molecule has 1 nitrogen and oxygen atoms in total. The van der Waals surface area contributed by atoms with Crippen LogP contribution in [0, 0.1) is 0 Å². The first-order chi connectivity index (χ1) is 5.78. The van der Waals surface area contributed by atoms with Crippen LogP contribution >= 0.6 is 11.6 Å². The standard InChI is InChI=1S/C10H22ClN/c1-4-9(5-2)12-10(6-3)7-8-11/h9-10,12H,4-8H2,1-3H3. The minimum atomic E-state index is 0.618. The smallest absolute Gasteiger partial charge is 0.0238 e. The minimum absolute atomic E-state index is 0.618. The average Bonchev–Trinajstić information content (AvgIpc) is 2.12. The molecule has 74 valence electrons. The van der Waals surface area contributed by atoms with Crippen LogP contribution in [0.15, 0.2) is 0 Å². The fourth-order valence-electron chi connectivity index (χ4n) is 1.39. The Morgan fingerprint density at radius 2 is 1.50 bits per heavy atom. The molecule has 12 heavy (non-hydrogen) atoms. The molecule has 0 aliphatic rings. The lowest BCUT2D eigenvalue weighted by atomic mass is 10.1. The van der Waals surface area contributed by atoms with E-state index in [4.69, 9.17) is 11.6 Å². The third kappa shape index (κ3) is 5.00. The van der Waals surface area contributed by atoms with Crippen molar-refractivity contribution in [3.8, 4) is 0 Å². The third-order valence-corrected chi connectivity index (χ3v) is 2.63. The second kappa shape index (κ2) is 7.88. The van der Waals surface area contributed by atoms with Gasteiger partial charge in [0.2, 0.25) is 0 Å². The Kier molecular flexibility index (Phi) is 8.04. The van der Waals surface area contributed by atoms with Crippen molar-refractivity contribution >= 4 is 11.6 Å². The van der Waals surface area contributed by atoms with Crippen LogP contribution < -0.4 is 5.32 Å². The molecule has 2 heteroatoms. The van der Waals surface area contributed by atoms with Crippen LogP contribution in [-0.4, -0.2) is 18.0 Å². The summed E-state index contributed by atoms with van der Waals surface area (Å²) in [5.41, 5.74) is 0. The summed E-state index contributed by atoms with van der Waals surface area (Å²) in [5, 5.41) is 3.62. The number of hydrogen-bond acceptors (Lipinski definition) is 1. The summed E-state index contributed by atoms with van der Waals surface area (Å²) < 4.78 is 0. The van der Waals surface area contributed by atoms with Crippen LogP contribution in [0.2, 0.25) is 0 Å². The van der Waals surface area contributed by atoms with E-state index in [1.54, 1.807) is 0 Å². The Morgan fingerprint density at radius 1 is 1.00 bits per heavy atom. The molecule has 1 atom stereocenters. The lowest BCUT2D eigenvalue weighted by molar-refractivity contribution is 0.392. The summed E-state index contributed by atoms with van der Waals surface area (Å²) in [6.45, 7) is 6.68. The highest BCUT2D eigenvalue weighted by Crippen LogP contribution is 2.04. The monoisotopic (exact) mass is 191 g/mol. The summed E-state index contributed by atoms with van der Waals surface area (Å²) in [5.74, 6) is 0.769. The van der Waals surface area contributed by atoms with E-state index >= 15 is 0 Å². The van der Waals surface area contributed by atoms with Crippen LogP contribution in [0.5, 0.6) is 0 Å². The normalized spacial score (nSPS) is 13.8. The van der Waals surface area contributed by atoms with E-state index in [-0.39, 0.29) is 0 Å². The Bertz CT molecular complexity index is 91.8. The quantitative estimate of drug-likeness (QED) is 0.610. The highest BCUT2D eigenvalue weighted by molar-refractivity contribution is 6.17. The second-order valence-corrected chi connectivity index (χ2v) is 3.64. The first-order valence-corrected chi connectivity index (χ1v) is 5.63. The molecule has 0 aromatic heterocycles. The van der Waals surface area contributed by atoms with E-state index in [1.807, 2.05) is 0 Å². The predicted octanol–water partition coefficient (Wildman–Crippen LogP) is 3.17. The molecule has 0 saturated heterocycles. The summed E-state index contributed by atoms with van der Waals surface area (Å²) in [6, 6.07) is 1.30. The van der Waals surface area contributed by atoms with Gasteiger partial charge in [0, 0.05) is 18.0 Å². The van der Waals surface area contributed by atoms with Gasteiger partial charge in [0.1, 0.15) is 0 Å². The lowest BCUT2D eigenvalue weighted by Gasteiger charge is -2.22. The van der Waals surface area contributed by atoms with Gasteiger partial charge in [-0.15, -0.1) is 11.6 Å². The van der Waals surface area contributed by atoms with Gasteiger partial charge in [0.15, 0.2) is 0 Å². The third-order valence-electron chi connectivity index (χ3n) is 2.41. The van der Waals surface area contributed by atoms with Crippen molar-refractivity contribution in [3.63, 3.8) is 0 Å². The van der Waals surface area contributed by atoms with Crippen molar-refractivity contribution < 1.29 is 0 Å². The molecule has 0 heterocycles. The van der Waals surface area contributed by atoms with E-state index in [1.165, 1.54) is 19.3 Å². The van der Waals surface area contributed by atoms with E-state index in [2.05, 4.69) is 26.1 Å². The molecule has 1 unspecified atom stereocenters. The molecule has 1 N–H and O–H groups in total. The summed E-state index contributed by atoms with van der Waals surface area (Å²) >= 11 is 5.70. The van der Waals surface area contributed by atoms with Crippen LogP contribution in [0.1, 0.15) is 46.5 Å². The summed E-state index contributed by atoms with van der Waals surface area (Å²) in [6.07, 6.45) is 4.71. The van der Waals surface area contributed by atoms with E-state index in [0.717, 1.165) is 12.3 Å². The molecule has 0 amide bonds. The van der Waals surface area contributed by atoms with Crippen molar-refractivity contribution in [2.24, 2.45) is 0 Å². The molecule has 0 aliphatic heterocycles. The first-order valence-electron chi connectivity index (χ1n) is 5.10. The van der Waals surface area contributed by atoms with Gasteiger partial charge in [-0.25, -0.2) is 0 Å². The number of alkyl halides is 1. The molecular weight excluding hydrogens is 170 g/mol. The molecule has 0 spiro atoms. The van der Waals surface area contributed by atoms with Crippen LogP contribution in [0.4, 0.5) is 0 Å². The number of halogens is 1. The van der Waals surface area contributed by atoms with Crippen molar-refractivity contribution in [3.05, 3.63) is 0 Å². The second-order valence-electron chi connectivity index (χ2n) is 3.26.